The lowest BCUT2D eigenvalue weighted by Gasteiger charge is -2.15. The van der Waals surface area contributed by atoms with Crippen molar-refractivity contribution in [2.45, 2.75) is 32.4 Å². The van der Waals surface area contributed by atoms with E-state index in [1.807, 2.05) is 12.1 Å². The molecule has 1 unspecified atom stereocenters. The van der Waals surface area contributed by atoms with Crippen LogP contribution in [0.15, 0.2) is 67.3 Å². The third-order valence-corrected chi connectivity index (χ3v) is 4.53. The van der Waals surface area contributed by atoms with Gasteiger partial charge in [-0.2, -0.15) is 0 Å². The van der Waals surface area contributed by atoms with Crippen LogP contribution in [0.2, 0.25) is 0 Å². The Hall–Kier alpha value is -3.41. The summed E-state index contributed by atoms with van der Waals surface area (Å²) in [6.45, 7) is 2.27. The molecule has 3 aromatic rings. The van der Waals surface area contributed by atoms with Crippen LogP contribution in [0.5, 0.6) is 0 Å². The monoisotopic (exact) mass is 377 g/mol. The third-order valence-electron chi connectivity index (χ3n) is 4.53. The zero-order valence-corrected chi connectivity index (χ0v) is 15.7. The maximum Gasteiger partial charge on any atom is 0.328 e. The van der Waals surface area contributed by atoms with Gasteiger partial charge in [-0.3, -0.25) is 4.79 Å². The SMILES string of the molecule is CCCc1ccc(-c2ccc(C(=O)NC(Cn3ccnc3)C(=O)O)cc2)cc1. The number of hydrogen-bond donors (Lipinski definition) is 2. The van der Waals surface area contributed by atoms with Gasteiger partial charge in [-0.1, -0.05) is 49.7 Å². The summed E-state index contributed by atoms with van der Waals surface area (Å²) in [5.41, 5.74) is 3.81. The molecular weight excluding hydrogens is 354 g/mol. The molecule has 6 nitrogen and oxygen atoms in total. The molecule has 3 rings (SSSR count). The predicted octanol–water partition coefficient (Wildman–Crippen LogP) is 3.39. The van der Waals surface area contributed by atoms with Gasteiger partial charge in [0.25, 0.3) is 5.91 Å². The van der Waals surface area contributed by atoms with Gasteiger partial charge in [0.15, 0.2) is 0 Å². The van der Waals surface area contributed by atoms with E-state index in [0.717, 1.165) is 24.0 Å². The Balaban J connectivity index is 1.67. The molecule has 6 heteroatoms. The maximum absolute atomic E-state index is 12.5. The van der Waals surface area contributed by atoms with E-state index in [1.54, 1.807) is 29.1 Å². The van der Waals surface area contributed by atoms with Crippen molar-refractivity contribution in [3.05, 3.63) is 78.4 Å². The van der Waals surface area contributed by atoms with Crippen molar-refractivity contribution < 1.29 is 14.7 Å². The first-order chi connectivity index (χ1) is 13.6. The fourth-order valence-electron chi connectivity index (χ4n) is 3.00. The highest BCUT2D eigenvalue weighted by molar-refractivity contribution is 5.97. The van der Waals surface area contributed by atoms with Crippen molar-refractivity contribution in [3.8, 4) is 11.1 Å². The number of aryl methyl sites for hydroxylation is 1. The smallest absolute Gasteiger partial charge is 0.328 e. The minimum absolute atomic E-state index is 0.114. The molecule has 0 aliphatic rings. The van der Waals surface area contributed by atoms with Crippen molar-refractivity contribution in [1.82, 2.24) is 14.9 Å². The Morgan fingerprint density at radius 2 is 1.71 bits per heavy atom. The summed E-state index contributed by atoms with van der Waals surface area (Å²) in [5.74, 6) is -1.51. The zero-order valence-electron chi connectivity index (χ0n) is 15.7. The molecule has 0 saturated heterocycles. The minimum Gasteiger partial charge on any atom is -0.480 e. The van der Waals surface area contributed by atoms with Crippen molar-refractivity contribution in [2.24, 2.45) is 0 Å². The van der Waals surface area contributed by atoms with Crippen LogP contribution in [0, 0.1) is 0 Å². The third kappa shape index (κ3) is 4.85. The quantitative estimate of drug-likeness (QED) is 0.630. The van der Waals surface area contributed by atoms with E-state index >= 15 is 0 Å². The highest BCUT2D eigenvalue weighted by Gasteiger charge is 2.21. The van der Waals surface area contributed by atoms with Crippen LogP contribution in [-0.4, -0.2) is 32.6 Å². The lowest BCUT2D eigenvalue weighted by atomic mass is 10.0. The number of carbonyl (C=O) groups excluding carboxylic acids is 1. The summed E-state index contributed by atoms with van der Waals surface area (Å²) >= 11 is 0. The van der Waals surface area contributed by atoms with Crippen LogP contribution in [0.1, 0.15) is 29.3 Å². The number of nitrogens with one attached hydrogen (secondary N) is 1. The number of hydrogen-bond acceptors (Lipinski definition) is 3. The lowest BCUT2D eigenvalue weighted by molar-refractivity contribution is -0.139. The Morgan fingerprint density at radius 1 is 1.07 bits per heavy atom. The number of carbonyl (C=O) groups is 2. The van der Waals surface area contributed by atoms with E-state index in [-0.39, 0.29) is 6.54 Å². The maximum atomic E-state index is 12.5. The van der Waals surface area contributed by atoms with E-state index in [2.05, 4.69) is 41.5 Å². The molecule has 2 aromatic carbocycles. The summed E-state index contributed by atoms with van der Waals surface area (Å²) in [6, 6.07) is 14.5. The second kappa shape index (κ2) is 8.99. The van der Waals surface area contributed by atoms with Gasteiger partial charge in [-0.25, -0.2) is 9.78 Å². The van der Waals surface area contributed by atoms with Gasteiger partial charge in [-0.05, 0) is 35.2 Å². The lowest BCUT2D eigenvalue weighted by Crippen LogP contribution is -2.43. The van der Waals surface area contributed by atoms with E-state index in [0.29, 0.717) is 5.56 Å². The van der Waals surface area contributed by atoms with E-state index < -0.39 is 17.9 Å². The second-order valence-electron chi connectivity index (χ2n) is 6.65. The summed E-state index contributed by atoms with van der Waals surface area (Å²) < 4.78 is 1.62. The van der Waals surface area contributed by atoms with Crippen LogP contribution < -0.4 is 5.32 Å². The van der Waals surface area contributed by atoms with Crippen LogP contribution in [0.25, 0.3) is 11.1 Å². The highest BCUT2D eigenvalue weighted by atomic mass is 16.4. The van der Waals surface area contributed by atoms with Crippen molar-refractivity contribution in [3.63, 3.8) is 0 Å². The summed E-state index contributed by atoms with van der Waals surface area (Å²) in [5, 5.41) is 11.9. The second-order valence-corrected chi connectivity index (χ2v) is 6.65. The topological polar surface area (TPSA) is 84.2 Å². The number of amides is 1. The summed E-state index contributed by atoms with van der Waals surface area (Å²) in [7, 11) is 0. The predicted molar refractivity (Wildman–Crippen MR) is 107 cm³/mol. The minimum atomic E-state index is -1.09. The standard InChI is InChI=1S/C22H23N3O3/c1-2-3-16-4-6-17(7-5-16)18-8-10-19(11-9-18)21(26)24-20(22(27)28)14-25-13-12-23-15-25/h4-13,15,20H,2-3,14H2,1H3,(H,24,26)(H,27,28). The molecule has 0 spiro atoms. The molecular formula is C22H23N3O3. The molecule has 144 valence electrons. The average molecular weight is 377 g/mol. The molecule has 0 aliphatic carbocycles. The summed E-state index contributed by atoms with van der Waals surface area (Å²) in [6.07, 6.45) is 6.91. The number of aliphatic carboxylic acids is 1. The van der Waals surface area contributed by atoms with Gasteiger partial charge in [0.1, 0.15) is 6.04 Å². The Labute approximate surface area is 163 Å². The van der Waals surface area contributed by atoms with Crippen LogP contribution in [-0.2, 0) is 17.8 Å². The molecule has 0 saturated carbocycles. The average Bonchev–Trinajstić information content (AvgIpc) is 3.21. The van der Waals surface area contributed by atoms with Gasteiger partial charge in [0.2, 0.25) is 0 Å². The number of carboxylic acid groups (broad SMARTS) is 1. The number of benzene rings is 2. The van der Waals surface area contributed by atoms with Gasteiger partial charge in [-0.15, -0.1) is 0 Å². The molecule has 1 aromatic heterocycles. The Morgan fingerprint density at radius 3 is 2.25 bits per heavy atom. The molecule has 0 bridgehead atoms. The first-order valence-electron chi connectivity index (χ1n) is 9.25. The van der Waals surface area contributed by atoms with E-state index in [1.165, 1.54) is 11.9 Å². The van der Waals surface area contributed by atoms with E-state index in [9.17, 15) is 14.7 Å². The molecule has 0 fully saturated rings. The number of carboxylic acids is 1. The molecule has 0 aliphatic heterocycles. The van der Waals surface area contributed by atoms with E-state index in [4.69, 9.17) is 0 Å². The van der Waals surface area contributed by atoms with Crippen LogP contribution in [0.4, 0.5) is 0 Å². The fraction of sp³-hybridized carbons (Fsp3) is 0.227. The van der Waals surface area contributed by atoms with Gasteiger partial charge >= 0.3 is 5.97 Å². The first-order valence-corrected chi connectivity index (χ1v) is 9.25. The van der Waals surface area contributed by atoms with Crippen molar-refractivity contribution in [2.75, 3.05) is 0 Å². The fourth-order valence-corrected chi connectivity index (χ4v) is 3.00. The number of nitrogens with zero attached hydrogens (tertiary/aromatic N) is 2. The Kier molecular flexibility index (Phi) is 6.22. The number of aromatic nitrogens is 2. The molecule has 1 amide bonds. The van der Waals surface area contributed by atoms with Gasteiger partial charge in [0, 0.05) is 18.0 Å². The number of imidazole rings is 1. The molecule has 0 radical (unpaired) electrons. The molecule has 2 N–H and O–H groups in total. The normalized spacial score (nSPS) is 11.8. The highest BCUT2D eigenvalue weighted by Crippen LogP contribution is 2.21. The van der Waals surface area contributed by atoms with Gasteiger partial charge in [0.05, 0.1) is 12.9 Å². The van der Waals surface area contributed by atoms with Crippen molar-refractivity contribution >= 4 is 11.9 Å². The molecule has 1 atom stereocenters. The summed E-state index contributed by atoms with van der Waals surface area (Å²) in [4.78, 5) is 27.8. The van der Waals surface area contributed by atoms with Gasteiger partial charge < -0.3 is 15.0 Å². The number of rotatable bonds is 8. The van der Waals surface area contributed by atoms with Crippen LogP contribution >= 0.6 is 0 Å². The van der Waals surface area contributed by atoms with Crippen molar-refractivity contribution in [1.29, 1.82) is 0 Å². The molecule has 28 heavy (non-hydrogen) atoms. The largest absolute Gasteiger partial charge is 0.480 e. The van der Waals surface area contributed by atoms with Crippen LogP contribution in [0.3, 0.4) is 0 Å². The zero-order chi connectivity index (χ0) is 19.9. The molecule has 1 heterocycles. The first kappa shape index (κ1) is 19.4. The Bertz CT molecular complexity index is 917.